The molecular formula is C33H37N3O4. The Bertz CT molecular complexity index is 1440. The molecule has 208 valence electrons. The number of rotatable bonds is 12. The van der Waals surface area contributed by atoms with Crippen LogP contribution in [-0.2, 0) is 29.0 Å². The third kappa shape index (κ3) is 7.17. The second kappa shape index (κ2) is 13.6. The minimum absolute atomic E-state index is 0.204. The standard InChI is InChI=1S/C33H37N3O4/c1-5-6-16-31-35-21-27(20-34-29-15-11-10-14-28(29)33(38)40-23(2)3)36(31)30-18-17-26(19-24(30)4)32(37)39-22-25-12-8-7-9-13-25/h7-15,17-19,21,23,34H,5-6,16,20,22H2,1-4H3. The molecule has 0 amide bonds. The van der Waals surface area contributed by atoms with Crippen molar-refractivity contribution >= 4 is 17.6 Å². The van der Waals surface area contributed by atoms with E-state index in [-0.39, 0.29) is 24.6 Å². The summed E-state index contributed by atoms with van der Waals surface area (Å²) in [4.78, 5) is 30.1. The van der Waals surface area contributed by atoms with Gasteiger partial charge >= 0.3 is 11.9 Å². The van der Waals surface area contributed by atoms with E-state index in [1.54, 1.807) is 12.1 Å². The van der Waals surface area contributed by atoms with Gasteiger partial charge in [0.15, 0.2) is 0 Å². The minimum Gasteiger partial charge on any atom is -0.459 e. The Morgan fingerprint density at radius 3 is 2.45 bits per heavy atom. The van der Waals surface area contributed by atoms with E-state index in [1.165, 1.54) is 0 Å². The Kier molecular flexibility index (Phi) is 9.73. The molecule has 1 heterocycles. The van der Waals surface area contributed by atoms with Crippen molar-refractivity contribution in [1.29, 1.82) is 0 Å². The zero-order chi connectivity index (χ0) is 28.5. The SMILES string of the molecule is CCCCc1ncc(CNc2ccccc2C(=O)OC(C)C)n1-c1ccc(C(=O)OCc2ccccc2)cc1C. The summed E-state index contributed by atoms with van der Waals surface area (Å²) in [6.07, 6.45) is 4.56. The maximum atomic E-state index is 12.8. The first-order valence-corrected chi connectivity index (χ1v) is 13.8. The average molecular weight is 540 g/mol. The highest BCUT2D eigenvalue weighted by atomic mass is 16.5. The summed E-state index contributed by atoms with van der Waals surface area (Å²) < 4.78 is 13.1. The molecule has 0 bridgehead atoms. The zero-order valence-electron chi connectivity index (χ0n) is 23.6. The molecule has 7 heteroatoms. The third-order valence-corrected chi connectivity index (χ3v) is 6.50. The van der Waals surface area contributed by atoms with Gasteiger partial charge in [0.1, 0.15) is 12.4 Å². The fourth-order valence-electron chi connectivity index (χ4n) is 4.48. The molecule has 1 aromatic heterocycles. The van der Waals surface area contributed by atoms with E-state index in [2.05, 4.69) is 16.8 Å². The molecule has 1 N–H and O–H groups in total. The molecule has 4 rings (SSSR count). The summed E-state index contributed by atoms with van der Waals surface area (Å²) in [7, 11) is 0. The molecule has 0 aliphatic carbocycles. The van der Waals surface area contributed by atoms with Crippen LogP contribution in [-0.4, -0.2) is 27.6 Å². The van der Waals surface area contributed by atoms with Crippen LogP contribution in [0.25, 0.3) is 5.69 Å². The summed E-state index contributed by atoms with van der Waals surface area (Å²) >= 11 is 0. The molecular weight excluding hydrogens is 502 g/mol. The van der Waals surface area contributed by atoms with Gasteiger partial charge in [-0.15, -0.1) is 0 Å². The van der Waals surface area contributed by atoms with Crippen molar-refractivity contribution in [2.45, 2.75) is 66.2 Å². The van der Waals surface area contributed by atoms with Crippen molar-refractivity contribution in [3.05, 3.63) is 113 Å². The van der Waals surface area contributed by atoms with Gasteiger partial charge in [0.05, 0.1) is 41.4 Å². The van der Waals surface area contributed by atoms with E-state index < -0.39 is 0 Å². The van der Waals surface area contributed by atoms with Crippen LogP contribution in [0.2, 0.25) is 0 Å². The van der Waals surface area contributed by atoms with Crippen molar-refractivity contribution < 1.29 is 19.1 Å². The van der Waals surface area contributed by atoms with Gasteiger partial charge in [0.2, 0.25) is 0 Å². The van der Waals surface area contributed by atoms with Crippen LogP contribution in [0, 0.1) is 6.92 Å². The number of aromatic nitrogens is 2. The highest BCUT2D eigenvalue weighted by Crippen LogP contribution is 2.24. The Labute approximate surface area is 236 Å². The molecule has 0 saturated heterocycles. The van der Waals surface area contributed by atoms with Crippen molar-refractivity contribution in [3.8, 4) is 5.69 Å². The summed E-state index contributed by atoms with van der Waals surface area (Å²) in [5, 5.41) is 3.41. The van der Waals surface area contributed by atoms with E-state index in [9.17, 15) is 9.59 Å². The normalized spacial score (nSPS) is 10.9. The second-order valence-electron chi connectivity index (χ2n) is 10.0. The summed E-state index contributed by atoms with van der Waals surface area (Å²) in [6, 6.07) is 22.6. The van der Waals surface area contributed by atoms with Crippen LogP contribution in [0.3, 0.4) is 0 Å². The number of hydrogen-bond acceptors (Lipinski definition) is 6. The number of aryl methyl sites for hydroxylation is 2. The molecule has 0 saturated carbocycles. The monoisotopic (exact) mass is 539 g/mol. The maximum Gasteiger partial charge on any atom is 0.340 e. The molecule has 4 aromatic rings. The topological polar surface area (TPSA) is 82.5 Å². The zero-order valence-corrected chi connectivity index (χ0v) is 23.6. The number of nitrogens with one attached hydrogen (secondary N) is 1. The van der Waals surface area contributed by atoms with Gasteiger partial charge in [-0.25, -0.2) is 14.6 Å². The molecule has 0 radical (unpaired) electrons. The number of anilines is 1. The summed E-state index contributed by atoms with van der Waals surface area (Å²) in [5.74, 6) is 0.233. The first-order chi connectivity index (χ1) is 19.4. The predicted octanol–water partition coefficient (Wildman–Crippen LogP) is 7.06. The smallest absolute Gasteiger partial charge is 0.340 e. The molecule has 0 atom stereocenters. The minimum atomic E-state index is -0.360. The van der Waals surface area contributed by atoms with Gasteiger partial charge in [0, 0.05) is 12.1 Å². The number of unbranched alkanes of at least 4 members (excludes halogenated alkanes) is 1. The van der Waals surface area contributed by atoms with Gasteiger partial charge in [0.25, 0.3) is 0 Å². The predicted molar refractivity (Wildman–Crippen MR) is 157 cm³/mol. The molecule has 40 heavy (non-hydrogen) atoms. The Balaban J connectivity index is 1.57. The van der Waals surface area contributed by atoms with Crippen LogP contribution in [0.5, 0.6) is 0 Å². The number of benzene rings is 3. The van der Waals surface area contributed by atoms with Crippen LogP contribution in [0.4, 0.5) is 5.69 Å². The highest BCUT2D eigenvalue weighted by molar-refractivity contribution is 5.95. The number of para-hydroxylation sites is 1. The lowest BCUT2D eigenvalue weighted by Crippen LogP contribution is -2.15. The Hall–Kier alpha value is -4.39. The van der Waals surface area contributed by atoms with Gasteiger partial charge in [-0.2, -0.15) is 0 Å². The lowest BCUT2D eigenvalue weighted by molar-refractivity contribution is 0.0378. The number of ether oxygens (including phenoxy) is 2. The Morgan fingerprint density at radius 1 is 0.975 bits per heavy atom. The van der Waals surface area contributed by atoms with Gasteiger partial charge in [-0.05, 0) is 68.7 Å². The van der Waals surface area contributed by atoms with Crippen LogP contribution < -0.4 is 5.32 Å². The lowest BCUT2D eigenvalue weighted by atomic mass is 10.1. The summed E-state index contributed by atoms with van der Waals surface area (Å²) in [6.45, 7) is 8.49. The second-order valence-corrected chi connectivity index (χ2v) is 10.0. The van der Waals surface area contributed by atoms with Crippen molar-refractivity contribution in [1.82, 2.24) is 9.55 Å². The van der Waals surface area contributed by atoms with E-state index >= 15 is 0 Å². The van der Waals surface area contributed by atoms with E-state index in [0.29, 0.717) is 23.4 Å². The summed E-state index contributed by atoms with van der Waals surface area (Å²) in [5.41, 5.74) is 5.47. The number of imidazole rings is 1. The molecule has 3 aromatic carbocycles. The van der Waals surface area contributed by atoms with Gasteiger partial charge in [-0.3, -0.25) is 4.57 Å². The van der Waals surface area contributed by atoms with Crippen LogP contribution in [0.1, 0.15) is 77.0 Å². The first-order valence-electron chi connectivity index (χ1n) is 13.8. The molecule has 0 unspecified atom stereocenters. The molecule has 0 aliphatic rings. The fourth-order valence-corrected chi connectivity index (χ4v) is 4.48. The maximum absolute atomic E-state index is 12.8. The average Bonchev–Trinajstić information content (AvgIpc) is 3.36. The van der Waals surface area contributed by atoms with Crippen LogP contribution >= 0.6 is 0 Å². The number of hydrogen-bond donors (Lipinski definition) is 1. The highest BCUT2D eigenvalue weighted by Gasteiger charge is 2.18. The van der Waals surface area contributed by atoms with Crippen molar-refractivity contribution in [2.75, 3.05) is 5.32 Å². The number of nitrogens with zero attached hydrogens (tertiary/aromatic N) is 2. The third-order valence-electron chi connectivity index (χ3n) is 6.50. The van der Waals surface area contributed by atoms with Crippen molar-refractivity contribution in [3.63, 3.8) is 0 Å². The lowest BCUT2D eigenvalue weighted by Gasteiger charge is -2.17. The van der Waals surface area contributed by atoms with E-state index in [0.717, 1.165) is 47.6 Å². The Morgan fingerprint density at radius 2 is 1.73 bits per heavy atom. The largest absolute Gasteiger partial charge is 0.459 e. The molecule has 0 aliphatic heterocycles. The quantitative estimate of drug-likeness (QED) is 0.194. The number of carbonyl (C=O) groups is 2. The van der Waals surface area contributed by atoms with E-state index in [4.69, 9.17) is 14.5 Å². The van der Waals surface area contributed by atoms with E-state index in [1.807, 2.05) is 87.6 Å². The van der Waals surface area contributed by atoms with Crippen molar-refractivity contribution in [2.24, 2.45) is 0 Å². The fraction of sp³-hybridized carbons (Fsp3) is 0.303. The molecule has 0 spiro atoms. The first kappa shape index (κ1) is 28.6. The number of carbonyl (C=O) groups excluding carboxylic acids is 2. The van der Waals surface area contributed by atoms with Gasteiger partial charge < -0.3 is 14.8 Å². The van der Waals surface area contributed by atoms with Gasteiger partial charge in [-0.1, -0.05) is 55.8 Å². The molecule has 7 nitrogen and oxygen atoms in total. The molecule has 0 fully saturated rings. The van der Waals surface area contributed by atoms with Crippen LogP contribution in [0.15, 0.2) is 79.0 Å². The number of esters is 2.